The molecule has 0 aromatic carbocycles. The van der Waals surface area contributed by atoms with Crippen LogP contribution in [0.2, 0.25) is 0 Å². The molecule has 0 spiro atoms. The zero-order valence-corrected chi connectivity index (χ0v) is 17.2. The van der Waals surface area contributed by atoms with Crippen molar-refractivity contribution in [1.29, 1.82) is 5.26 Å². The molecule has 1 aliphatic heterocycles. The van der Waals surface area contributed by atoms with Crippen molar-refractivity contribution in [3.05, 3.63) is 52.3 Å². The van der Waals surface area contributed by atoms with Crippen molar-refractivity contribution in [2.24, 2.45) is 0 Å². The van der Waals surface area contributed by atoms with Gasteiger partial charge < -0.3 is 18.6 Å². The number of hydrogen-bond acceptors (Lipinski definition) is 8. The first-order valence-electron chi connectivity index (χ1n) is 10.2. The molecule has 1 saturated heterocycles. The molecular weight excluding hydrogens is 400 g/mol. The van der Waals surface area contributed by atoms with E-state index in [1.54, 1.807) is 17.0 Å². The van der Waals surface area contributed by atoms with Crippen molar-refractivity contribution >= 4 is 11.8 Å². The summed E-state index contributed by atoms with van der Waals surface area (Å²) < 4.78 is 12.4. The molecule has 0 radical (unpaired) electrons. The van der Waals surface area contributed by atoms with E-state index in [1.165, 1.54) is 23.1 Å². The fraction of sp³-hybridized carbons (Fsp3) is 0.381. The van der Waals surface area contributed by atoms with Gasteiger partial charge in [-0.2, -0.15) is 15.3 Å². The molecule has 0 aliphatic carbocycles. The van der Waals surface area contributed by atoms with Crippen LogP contribution in [0, 0.1) is 11.3 Å². The van der Waals surface area contributed by atoms with Crippen LogP contribution in [0.15, 0.2) is 44.2 Å². The summed E-state index contributed by atoms with van der Waals surface area (Å²) in [4.78, 5) is 32.6. The molecule has 3 aromatic rings. The lowest BCUT2D eigenvalue weighted by Gasteiger charge is -2.34. The zero-order valence-electron chi connectivity index (χ0n) is 17.2. The molecule has 160 valence electrons. The van der Waals surface area contributed by atoms with E-state index in [4.69, 9.17) is 8.83 Å². The predicted molar refractivity (Wildman–Crippen MR) is 110 cm³/mol. The van der Waals surface area contributed by atoms with Crippen LogP contribution in [0.4, 0.5) is 5.88 Å². The number of piperazine rings is 1. The second-order valence-electron chi connectivity index (χ2n) is 7.17. The molecule has 0 atom stereocenters. The summed E-state index contributed by atoms with van der Waals surface area (Å²) in [6.07, 6.45) is 3.26. The SMILES string of the molecule is CCCCn1nc(C(=O)N2CCN(c3oc(-c4ccco4)nc3C#N)CC2)ccc1=O. The maximum Gasteiger partial charge on any atom is 0.274 e. The Morgan fingerprint density at radius 1 is 1.23 bits per heavy atom. The second kappa shape index (κ2) is 8.87. The molecule has 1 aliphatic rings. The number of anilines is 1. The van der Waals surface area contributed by atoms with Crippen molar-refractivity contribution in [3.63, 3.8) is 0 Å². The van der Waals surface area contributed by atoms with Crippen LogP contribution in [-0.4, -0.2) is 51.8 Å². The molecule has 4 rings (SSSR count). The van der Waals surface area contributed by atoms with Gasteiger partial charge >= 0.3 is 0 Å². The van der Waals surface area contributed by atoms with Crippen molar-refractivity contribution in [2.75, 3.05) is 31.1 Å². The Morgan fingerprint density at radius 2 is 2.03 bits per heavy atom. The third-order valence-electron chi connectivity index (χ3n) is 5.11. The molecule has 0 bridgehead atoms. The lowest BCUT2D eigenvalue weighted by Crippen LogP contribution is -2.49. The molecule has 10 heteroatoms. The zero-order chi connectivity index (χ0) is 21.8. The molecule has 0 N–H and O–H groups in total. The highest BCUT2D eigenvalue weighted by Crippen LogP contribution is 2.29. The maximum atomic E-state index is 12.9. The molecular formula is C21H22N6O4. The smallest absolute Gasteiger partial charge is 0.274 e. The number of carbonyl (C=O) groups is 1. The summed E-state index contributed by atoms with van der Waals surface area (Å²) in [5.74, 6) is 0.834. The minimum Gasteiger partial charge on any atom is -0.459 e. The fourth-order valence-corrected chi connectivity index (χ4v) is 3.41. The van der Waals surface area contributed by atoms with E-state index >= 15 is 0 Å². The van der Waals surface area contributed by atoms with Crippen molar-refractivity contribution in [1.82, 2.24) is 19.7 Å². The number of nitrogens with zero attached hydrogens (tertiary/aromatic N) is 6. The number of aromatic nitrogens is 3. The van der Waals surface area contributed by atoms with E-state index in [0.717, 1.165) is 12.8 Å². The van der Waals surface area contributed by atoms with Gasteiger partial charge in [-0.25, -0.2) is 4.68 Å². The summed E-state index contributed by atoms with van der Waals surface area (Å²) in [6.45, 7) is 4.33. The normalized spacial score (nSPS) is 13.9. The number of rotatable bonds is 6. The maximum absolute atomic E-state index is 12.9. The Labute approximate surface area is 178 Å². The quantitative estimate of drug-likeness (QED) is 0.592. The molecule has 31 heavy (non-hydrogen) atoms. The number of unbranched alkanes of at least 4 members (excludes halogenated alkanes) is 1. The number of oxazole rings is 1. The van der Waals surface area contributed by atoms with Crippen LogP contribution in [0.5, 0.6) is 0 Å². The number of furan rings is 1. The Hall–Kier alpha value is -3.87. The highest BCUT2D eigenvalue weighted by Gasteiger charge is 2.28. The molecule has 0 unspecified atom stereocenters. The fourth-order valence-electron chi connectivity index (χ4n) is 3.41. The van der Waals surface area contributed by atoms with Gasteiger partial charge in [-0.15, -0.1) is 0 Å². The van der Waals surface area contributed by atoms with Crippen molar-refractivity contribution in [2.45, 2.75) is 26.3 Å². The standard InChI is InChI=1S/C21H22N6O4/c1-2-3-8-27-18(28)7-6-15(24-27)20(29)25-9-11-26(12-10-25)21-16(14-22)23-19(31-21)17-5-4-13-30-17/h4-7,13H,2-3,8-12H2,1H3. The van der Waals surface area contributed by atoms with Gasteiger partial charge in [0.2, 0.25) is 11.6 Å². The average molecular weight is 422 g/mol. The monoisotopic (exact) mass is 422 g/mol. The molecule has 4 heterocycles. The van der Waals surface area contributed by atoms with E-state index in [0.29, 0.717) is 44.4 Å². The Bertz CT molecular complexity index is 1150. The lowest BCUT2D eigenvalue weighted by molar-refractivity contribution is 0.0736. The van der Waals surface area contributed by atoms with Gasteiger partial charge in [0, 0.05) is 38.8 Å². The predicted octanol–water partition coefficient (Wildman–Crippen LogP) is 2.13. The van der Waals surface area contributed by atoms with Crippen molar-refractivity contribution < 1.29 is 13.6 Å². The van der Waals surface area contributed by atoms with Crippen LogP contribution < -0.4 is 10.5 Å². The third-order valence-corrected chi connectivity index (χ3v) is 5.11. The summed E-state index contributed by atoms with van der Waals surface area (Å²) in [6, 6.07) is 8.33. The Kier molecular flexibility index (Phi) is 5.84. The Morgan fingerprint density at radius 3 is 2.71 bits per heavy atom. The average Bonchev–Trinajstić information content (AvgIpc) is 3.48. The highest BCUT2D eigenvalue weighted by atomic mass is 16.4. The van der Waals surface area contributed by atoms with Crippen LogP contribution in [0.1, 0.15) is 35.9 Å². The lowest BCUT2D eigenvalue weighted by atomic mass is 10.2. The minimum atomic E-state index is -0.223. The van der Waals surface area contributed by atoms with Crippen LogP contribution in [-0.2, 0) is 6.54 Å². The van der Waals surface area contributed by atoms with Crippen LogP contribution in [0.25, 0.3) is 11.7 Å². The minimum absolute atomic E-state index is 0.177. The summed E-state index contributed by atoms with van der Waals surface area (Å²) in [7, 11) is 0. The van der Waals surface area contributed by atoms with Gasteiger partial charge in [0.15, 0.2) is 5.76 Å². The van der Waals surface area contributed by atoms with Crippen LogP contribution in [0.3, 0.4) is 0 Å². The molecule has 1 amide bonds. The first-order valence-corrected chi connectivity index (χ1v) is 10.2. The molecule has 10 nitrogen and oxygen atoms in total. The highest BCUT2D eigenvalue weighted by molar-refractivity contribution is 5.92. The number of carbonyl (C=O) groups excluding carboxylic acids is 1. The largest absolute Gasteiger partial charge is 0.459 e. The van der Waals surface area contributed by atoms with Gasteiger partial charge in [0.05, 0.1) is 6.26 Å². The van der Waals surface area contributed by atoms with E-state index in [2.05, 4.69) is 16.2 Å². The van der Waals surface area contributed by atoms with E-state index in [1.807, 2.05) is 11.8 Å². The first kappa shape index (κ1) is 20.4. The van der Waals surface area contributed by atoms with E-state index in [-0.39, 0.29) is 28.7 Å². The third kappa shape index (κ3) is 4.21. The van der Waals surface area contributed by atoms with Crippen LogP contribution >= 0.6 is 0 Å². The number of amides is 1. The number of aryl methyl sites for hydroxylation is 1. The summed E-state index contributed by atoms with van der Waals surface area (Å²) in [5, 5.41) is 13.7. The Balaban J connectivity index is 1.45. The summed E-state index contributed by atoms with van der Waals surface area (Å²) in [5.41, 5.74) is 0.217. The summed E-state index contributed by atoms with van der Waals surface area (Å²) >= 11 is 0. The van der Waals surface area contributed by atoms with Gasteiger partial charge in [-0.3, -0.25) is 9.59 Å². The van der Waals surface area contributed by atoms with Gasteiger partial charge in [0.1, 0.15) is 11.8 Å². The van der Waals surface area contributed by atoms with E-state index in [9.17, 15) is 14.9 Å². The number of nitriles is 1. The second-order valence-corrected chi connectivity index (χ2v) is 7.17. The molecule has 1 fully saturated rings. The van der Waals surface area contributed by atoms with Gasteiger partial charge in [-0.1, -0.05) is 13.3 Å². The van der Waals surface area contributed by atoms with Gasteiger partial charge in [0.25, 0.3) is 17.4 Å². The molecule has 0 saturated carbocycles. The van der Waals surface area contributed by atoms with Gasteiger partial charge in [-0.05, 0) is 24.6 Å². The van der Waals surface area contributed by atoms with E-state index < -0.39 is 0 Å². The molecule has 3 aromatic heterocycles. The van der Waals surface area contributed by atoms with Crippen molar-refractivity contribution in [3.8, 4) is 17.7 Å². The number of hydrogen-bond donors (Lipinski definition) is 0. The topological polar surface area (TPSA) is 121 Å². The first-order chi connectivity index (χ1) is 15.1.